The van der Waals surface area contributed by atoms with Crippen molar-refractivity contribution in [1.29, 1.82) is 0 Å². The largest absolute Gasteiger partial charge is 0.465 e. The van der Waals surface area contributed by atoms with Crippen LogP contribution in [0.4, 0.5) is 0 Å². The van der Waals surface area contributed by atoms with Crippen molar-refractivity contribution in [3.05, 3.63) is 17.9 Å². The van der Waals surface area contributed by atoms with E-state index in [1.165, 1.54) is 96.2 Å². The summed E-state index contributed by atoms with van der Waals surface area (Å²) < 4.78 is 10.6. The van der Waals surface area contributed by atoms with Gasteiger partial charge in [-0.05, 0) is 6.42 Å². The molecule has 1 aromatic rings. The lowest BCUT2D eigenvalue weighted by molar-refractivity contribution is 0.112. The summed E-state index contributed by atoms with van der Waals surface area (Å²) in [6.07, 6.45) is 22.6. The van der Waals surface area contributed by atoms with Crippen molar-refractivity contribution in [3.63, 3.8) is 0 Å². The maximum absolute atomic E-state index is 10.5. The van der Waals surface area contributed by atoms with Crippen LogP contribution in [-0.2, 0) is 0 Å². The summed E-state index contributed by atoms with van der Waals surface area (Å²) in [5.74, 6) is 0.451. The molecule has 0 aliphatic heterocycles. The van der Waals surface area contributed by atoms with Crippen LogP contribution in [0.5, 0.6) is 5.95 Å². The third-order valence-electron chi connectivity index (χ3n) is 4.72. The average Bonchev–Trinajstić information content (AvgIpc) is 3.09. The highest BCUT2D eigenvalue weighted by atomic mass is 16.6. The molecule has 0 aliphatic rings. The molecule has 0 unspecified atom stereocenters. The Balaban J connectivity index is 1.74. The zero-order chi connectivity index (χ0) is 18.0. The maximum Gasteiger partial charge on any atom is 0.284 e. The summed E-state index contributed by atoms with van der Waals surface area (Å²) in [5.41, 5.74) is 0.534. The normalized spacial score (nSPS) is 10.9. The Labute approximate surface area is 154 Å². The molecule has 3 nitrogen and oxygen atoms in total. The van der Waals surface area contributed by atoms with Gasteiger partial charge in [-0.25, -0.2) is 0 Å². The lowest BCUT2D eigenvalue weighted by Crippen LogP contribution is -1.96. The van der Waals surface area contributed by atoms with Crippen LogP contribution < -0.4 is 4.74 Å². The molecule has 0 bridgehead atoms. The first-order valence-electron chi connectivity index (χ1n) is 10.5. The number of aldehydes is 1. The van der Waals surface area contributed by atoms with E-state index in [2.05, 4.69) is 6.92 Å². The molecule has 0 saturated carbocycles. The van der Waals surface area contributed by atoms with Gasteiger partial charge < -0.3 is 9.15 Å². The van der Waals surface area contributed by atoms with Crippen molar-refractivity contribution in [2.75, 3.05) is 6.61 Å². The minimum absolute atomic E-state index is 0.451. The number of rotatable bonds is 18. The molecule has 0 N–H and O–H groups in total. The fourth-order valence-electron chi connectivity index (χ4n) is 3.11. The molecule has 0 spiro atoms. The van der Waals surface area contributed by atoms with E-state index in [4.69, 9.17) is 9.15 Å². The molecule has 3 heteroatoms. The molecule has 0 aromatic carbocycles. The van der Waals surface area contributed by atoms with Crippen molar-refractivity contribution in [2.45, 2.75) is 103 Å². The number of hydrogen-bond acceptors (Lipinski definition) is 3. The van der Waals surface area contributed by atoms with Crippen molar-refractivity contribution < 1.29 is 13.9 Å². The van der Waals surface area contributed by atoms with Gasteiger partial charge in [-0.1, -0.05) is 96.8 Å². The van der Waals surface area contributed by atoms with Gasteiger partial charge in [-0.2, -0.15) is 0 Å². The second-order valence-corrected chi connectivity index (χ2v) is 7.12. The third-order valence-corrected chi connectivity index (χ3v) is 4.72. The molecule has 25 heavy (non-hydrogen) atoms. The summed E-state index contributed by atoms with van der Waals surface area (Å²) in [4.78, 5) is 10.5. The molecule has 0 saturated heterocycles. The molecule has 0 aliphatic carbocycles. The van der Waals surface area contributed by atoms with Crippen LogP contribution in [0.3, 0.4) is 0 Å². The molecule has 0 radical (unpaired) electrons. The van der Waals surface area contributed by atoms with Gasteiger partial charge in [0, 0.05) is 6.07 Å². The van der Waals surface area contributed by atoms with Gasteiger partial charge in [0.25, 0.3) is 5.95 Å². The fourth-order valence-corrected chi connectivity index (χ4v) is 3.11. The topological polar surface area (TPSA) is 39.4 Å². The predicted octanol–water partition coefficient (Wildman–Crippen LogP) is 7.34. The predicted molar refractivity (Wildman–Crippen MR) is 105 cm³/mol. The number of ether oxygens (including phenoxy) is 1. The van der Waals surface area contributed by atoms with Crippen molar-refractivity contribution >= 4 is 6.29 Å². The second-order valence-electron chi connectivity index (χ2n) is 7.12. The van der Waals surface area contributed by atoms with Crippen LogP contribution in [0.2, 0.25) is 0 Å². The molecule has 1 heterocycles. The molecule has 0 atom stereocenters. The van der Waals surface area contributed by atoms with Gasteiger partial charge >= 0.3 is 0 Å². The molecular weight excluding hydrogens is 312 g/mol. The van der Waals surface area contributed by atoms with Crippen LogP contribution in [0.25, 0.3) is 0 Å². The Morgan fingerprint density at radius 3 is 1.72 bits per heavy atom. The van der Waals surface area contributed by atoms with Gasteiger partial charge in [0.1, 0.15) is 6.26 Å². The van der Waals surface area contributed by atoms with Crippen LogP contribution in [0.15, 0.2) is 16.7 Å². The molecule has 1 aromatic heterocycles. The molecule has 1 rings (SSSR count). The van der Waals surface area contributed by atoms with E-state index in [-0.39, 0.29) is 0 Å². The number of carbonyl (C=O) groups excluding carboxylic acids is 1. The summed E-state index contributed by atoms with van der Waals surface area (Å²) in [5, 5.41) is 0. The van der Waals surface area contributed by atoms with Crippen LogP contribution in [0, 0.1) is 0 Å². The van der Waals surface area contributed by atoms with Crippen molar-refractivity contribution in [3.8, 4) is 5.95 Å². The van der Waals surface area contributed by atoms with E-state index in [0.29, 0.717) is 18.1 Å². The zero-order valence-corrected chi connectivity index (χ0v) is 16.3. The summed E-state index contributed by atoms with van der Waals surface area (Å²) in [6.45, 7) is 2.95. The SMILES string of the molecule is CCCCCCCCCCCCCCCCCOc1cc(C=O)co1. The lowest BCUT2D eigenvalue weighted by Gasteiger charge is -2.04. The number of carbonyl (C=O) groups is 1. The standard InChI is InChI=1S/C22H38O3/c1-2-3-4-5-6-7-8-9-10-11-12-13-14-15-16-17-24-22-18-21(19-23)20-25-22/h18-20H,2-17H2,1H3. The molecule has 144 valence electrons. The summed E-state index contributed by atoms with van der Waals surface area (Å²) in [7, 11) is 0. The van der Waals surface area contributed by atoms with Crippen molar-refractivity contribution in [1.82, 2.24) is 0 Å². The Kier molecular flexibility index (Phi) is 14.1. The summed E-state index contributed by atoms with van der Waals surface area (Å²) >= 11 is 0. The monoisotopic (exact) mass is 350 g/mol. The van der Waals surface area contributed by atoms with E-state index in [9.17, 15) is 4.79 Å². The number of unbranched alkanes of at least 4 members (excludes halogenated alkanes) is 14. The third kappa shape index (κ3) is 12.7. The Morgan fingerprint density at radius 1 is 0.800 bits per heavy atom. The highest BCUT2D eigenvalue weighted by molar-refractivity contribution is 5.74. The van der Waals surface area contributed by atoms with E-state index >= 15 is 0 Å². The van der Waals surface area contributed by atoms with Gasteiger partial charge in [0.2, 0.25) is 0 Å². The molecular formula is C22H38O3. The minimum Gasteiger partial charge on any atom is -0.465 e. The first-order chi connectivity index (χ1) is 12.4. The summed E-state index contributed by atoms with van der Waals surface area (Å²) in [6, 6.07) is 1.64. The van der Waals surface area contributed by atoms with Crippen LogP contribution in [0.1, 0.15) is 114 Å². The quantitative estimate of drug-likeness (QED) is 0.205. The fraction of sp³-hybridized carbons (Fsp3) is 0.773. The van der Waals surface area contributed by atoms with E-state index in [0.717, 1.165) is 12.7 Å². The highest BCUT2D eigenvalue weighted by Crippen LogP contribution is 2.16. The van der Waals surface area contributed by atoms with Gasteiger partial charge in [-0.3, -0.25) is 4.79 Å². The number of hydrogen-bond donors (Lipinski definition) is 0. The average molecular weight is 351 g/mol. The molecule has 0 fully saturated rings. The van der Waals surface area contributed by atoms with Crippen LogP contribution >= 0.6 is 0 Å². The zero-order valence-electron chi connectivity index (χ0n) is 16.3. The Bertz CT molecular complexity index is 411. The van der Waals surface area contributed by atoms with Crippen LogP contribution in [-0.4, -0.2) is 12.9 Å². The van der Waals surface area contributed by atoms with E-state index < -0.39 is 0 Å². The van der Waals surface area contributed by atoms with E-state index in [1.54, 1.807) is 6.07 Å². The second kappa shape index (κ2) is 16.2. The first-order valence-corrected chi connectivity index (χ1v) is 10.5. The smallest absolute Gasteiger partial charge is 0.284 e. The van der Waals surface area contributed by atoms with Gasteiger partial charge in [0.05, 0.1) is 12.2 Å². The number of furan rings is 1. The first kappa shape index (κ1) is 21.8. The maximum atomic E-state index is 10.5. The lowest BCUT2D eigenvalue weighted by atomic mass is 10.0. The van der Waals surface area contributed by atoms with Gasteiger partial charge in [-0.15, -0.1) is 0 Å². The van der Waals surface area contributed by atoms with Gasteiger partial charge in [0.15, 0.2) is 6.29 Å². The highest BCUT2D eigenvalue weighted by Gasteiger charge is 2.01. The molecule has 0 amide bonds. The van der Waals surface area contributed by atoms with E-state index in [1.807, 2.05) is 0 Å². The Morgan fingerprint density at radius 2 is 1.28 bits per heavy atom. The van der Waals surface area contributed by atoms with Crippen molar-refractivity contribution in [2.24, 2.45) is 0 Å². The Hall–Kier alpha value is -1.25. The minimum atomic E-state index is 0.451.